The van der Waals surface area contributed by atoms with Gasteiger partial charge in [0.2, 0.25) is 0 Å². The van der Waals surface area contributed by atoms with Gasteiger partial charge in [-0.2, -0.15) is 8.78 Å². The molecule has 2 N–H and O–H groups in total. The third-order valence-electron chi connectivity index (χ3n) is 3.65. The summed E-state index contributed by atoms with van der Waals surface area (Å²) >= 11 is 3.26. The van der Waals surface area contributed by atoms with Crippen molar-refractivity contribution in [3.63, 3.8) is 0 Å². The number of rotatable bonds is 5. The summed E-state index contributed by atoms with van der Waals surface area (Å²) in [5.41, 5.74) is 6.97. The van der Waals surface area contributed by atoms with Crippen molar-refractivity contribution in [1.82, 2.24) is 4.90 Å². The number of nitrogens with two attached hydrogens (primary N) is 1. The molecule has 1 aliphatic heterocycles. The zero-order chi connectivity index (χ0) is 15.6. The highest BCUT2D eigenvalue weighted by Crippen LogP contribution is 2.38. The Kier molecular flexibility index (Phi) is 5.40. The van der Waals surface area contributed by atoms with Crippen molar-refractivity contribution in [2.24, 2.45) is 11.7 Å². The van der Waals surface area contributed by atoms with Crippen molar-refractivity contribution < 1.29 is 18.3 Å². The van der Waals surface area contributed by atoms with Crippen molar-refractivity contribution in [2.45, 2.75) is 26.1 Å². The van der Waals surface area contributed by atoms with E-state index in [0.29, 0.717) is 16.9 Å². The third kappa shape index (κ3) is 4.05. The Morgan fingerprint density at radius 1 is 1.43 bits per heavy atom. The molecule has 0 radical (unpaired) electrons. The molecule has 7 heteroatoms. The van der Waals surface area contributed by atoms with E-state index in [1.165, 1.54) is 7.11 Å². The van der Waals surface area contributed by atoms with Crippen LogP contribution < -0.4 is 15.2 Å². The van der Waals surface area contributed by atoms with E-state index in [2.05, 4.69) is 32.5 Å². The Bertz CT molecular complexity index is 492. The van der Waals surface area contributed by atoms with Gasteiger partial charge in [0.15, 0.2) is 11.5 Å². The van der Waals surface area contributed by atoms with E-state index in [9.17, 15) is 8.78 Å². The first-order valence-corrected chi connectivity index (χ1v) is 7.49. The highest BCUT2D eigenvalue weighted by molar-refractivity contribution is 9.10. The Hall–Kier alpha value is -0.920. The average Bonchev–Trinajstić information content (AvgIpc) is 2.70. The van der Waals surface area contributed by atoms with Crippen LogP contribution in [0.25, 0.3) is 0 Å². The topological polar surface area (TPSA) is 47.7 Å². The molecule has 1 fully saturated rings. The summed E-state index contributed by atoms with van der Waals surface area (Å²) in [5, 5.41) is 0. The number of ether oxygens (including phenoxy) is 2. The monoisotopic (exact) mass is 364 g/mol. The van der Waals surface area contributed by atoms with Crippen molar-refractivity contribution in [1.29, 1.82) is 0 Å². The van der Waals surface area contributed by atoms with Gasteiger partial charge in [-0.1, -0.05) is 6.92 Å². The largest absolute Gasteiger partial charge is 0.493 e. The van der Waals surface area contributed by atoms with Gasteiger partial charge < -0.3 is 15.2 Å². The van der Waals surface area contributed by atoms with E-state index in [4.69, 9.17) is 10.5 Å². The highest BCUT2D eigenvalue weighted by Gasteiger charge is 2.27. The lowest BCUT2D eigenvalue weighted by Crippen LogP contribution is -2.28. The minimum absolute atomic E-state index is 0.0164. The molecule has 21 heavy (non-hydrogen) atoms. The van der Waals surface area contributed by atoms with Crippen LogP contribution in [-0.4, -0.2) is 37.8 Å². The van der Waals surface area contributed by atoms with E-state index < -0.39 is 6.61 Å². The predicted molar refractivity (Wildman–Crippen MR) is 79.7 cm³/mol. The van der Waals surface area contributed by atoms with Gasteiger partial charge in [-0.15, -0.1) is 0 Å². The quantitative estimate of drug-likeness (QED) is 0.872. The standard InChI is InChI=1S/C14H19BrF2N2O2/c1-8-5-19(7-11(8)18)6-9-3-10(15)13(21-14(16)17)12(4-9)20-2/h3-4,8,11,14H,5-7,18H2,1-2H3. The van der Waals surface area contributed by atoms with Gasteiger partial charge in [-0.05, 0) is 39.5 Å². The Balaban J connectivity index is 2.16. The first kappa shape index (κ1) is 16.5. The Morgan fingerprint density at radius 2 is 2.14 bits per heavy atom. The number of hydrogen-bond acceptors (Lipinski definition) is 4. The lowest BCUT2D eigenvalue weighted by molar-refractivity contribution is -0.0517. The zero-order valence-electron chi connectivity index (χ0n) is 12.0. The van der Waals surface area contributed by atoms with Gasteiger partial charge in [0.1, 0.15) is 0 Å². The molecule has 0 saturated carbocycles. The fourth-order valence-electron chi connectivity index (χ4n) is 2.55. The molecule has 1 aromatic rings. The lowest BCUT2D eigenvalue weighted by Gasteiger charge is -2.18. The average molecular weight is 365 g/mol. The number of benzene rings is 1. The van der Waals surface area contributed by atoms with Crippen LogP contribution in [0.1, 0.15) is 12.5 Å². The summed E-state index contributed by atoms with van der Waals surface area (Å²) in [6.45, 7) is 1.69. The summed E-state index contributed by atoms with van der Waals surface area (Å²) in [5.74, 6) is 0.760. The van der Waals surface area contributed by atoms with Crippen LogP contribution in [0.15, 0.2) is 16.6 Å². The summed E-state index contributed by atoms with van der Waals surface area (Å²) in [6.07, 6.45) is 0. The van der Waals surface area contributed by atoms with Crippen molar-refractivity contribution in [3.05, 3.63) is 22.2 Å². The first-order chi connectivity index (χ1) is 9.90. The van der Waals surface area contributed by atoms with Gasteiger partial charge >= 0.3 is 6.61 Å². The second-order valence-corrected chi connectivity index (χ2v) is 6.18. The molecule has 4 nitrogen and oxygen atoms in total. The minimum Gasteiger partial charge on any atom is -0.493 e. The molecule has 2 atom stereocenters. The second kappa shape index (κ2) is 6.89. The molecule has 0 bridgehead atoms. The van der Waals surface area contributed by atoms with E-state index in [1.807, 2.05) is 0 Å². The van der Waals surface area contributed by atoms with Crippen molar-refractivity contribution in [3.8, 4) is 11.5 Å². The van der Waals surface area contributed by atoms with Crippen LogP contribution in [0.4, 0.5) is 8.78 Å². The van der Waals surface area contributed by atoms with E-state index in [0.717, 1.165) is 18.7 Å². The van der Waals surface area contributed by atoms with Gasteiger partial charge in [0.25, 0.3) is 0 Å². The van der Waals surface area contributed by atoms with Gasteiger partial charge in [0, 0.05) is 25.7 Å². The van der Waals surface area contributed by atoms with Crippen LogP contribution in [-0.2, 0) is 6.54 Å². The SMILES string of the molecule is COc1cc(CN2CC(C)C(N)C2)cc(Br)c1OC(F)F. The maximum Gasteiger partial charge on any atom is 0.387 e. The van der Waals surface area contributed by atoms with Crippen molar-refractivity contribution in [2.75, 3.05) is 20.2 Å². The molecule has 118 valence electrons. The molecule has 1 heterocycles. The summed E-state index contributed by atoms with van der Waals surface area (Å²) in [7, 11) is 1.43. The molecule has 2 rings (SSSR count). The number of hydrogen-bond donors (Lipinski definition) is 1. The van der Waals surface area contributed by atoms with Crippen molar-refractivity contribution >= 4 is 15.9 Å². The fourth-order valence-corrected chi connectivity index (χ4v) is 3.13. The summed E-state index contributed by atoms with van der Waals surface area (Å²) in [4.78, 5) is 2.24. The minimum atomic E-state index is -2.89. The first-order valence-electron chi connectivity index (χ1n) is 6.70. The maximum atomic E-state index is 12.4. The normalized spacial score (nSPS) is 22.8. The number of nitrogens with zero attached hydrogens (tertiary/aromatic N) is 1. The number of methoxy groups -OCH3 is 1. The van der Waals surface area contributed by atoms with E-state index in [1.54, 1.807) is 12.1 Å². The third-order valence-corrected chi connectivity index (χ3v) is 4.24. The number of likely N-dealkylation sites (tertiary alicyclic amines) is 1. The Labute approximate surface area is 131 Å². The molecule has 0 spiro atoms. The molecule has 0 aliphatic carbocycles. The molecule has 0 aromatic heterocycles. The Morgan fingerprint density at radius 3 is 2.67 bits per heavy atom. The highest BCUT2D eigenvalue weighted by atomic mass is 79.9. The fraction of sp³-hybridized carbons (Fsp3) is 0.571. The molecule has 0 amide bonds. The van der Waals surface area contributed by atoms with Gasteiger partial charge in [-0.25, -0.2) is 0 Å². The van der Waals surface area contributed by atoms with Crippen LogP contribution in [0.5, 0.6) is 11.5 Å². The van der Waals surface area contributed by atoms with Gasteiger partial charge in [-0.3, -0.25) is 4.90 Å². The molecular weight excluding hydrogens is 346 g/mol. The maximum absolute atomic E-state index is 12.4. The molecular formula is C14H19BrF2N2O2. The lowest BCUT2D eigenvalue weighted by atomic mass is 10.1. The van der Waals surface area contributed by atoms with Crippen LogP contribution in [0.3, 0.4) is 0 Å². The van der Waals surface area contributed by atoms with E-state index in [-0.39, 0.29) is 17.5 Å². The molecule has 1 aromatic carbocycles. The summed E-state index contributed by atoms with van der Waals surface area (Å²) < 4.78 is 34.9. The molecule has 1 aliphatic rings. The smallest absolute Gasteiger partial charge is 0.387 e. The van der Waals surface area contributed by atoms with E-state index >= 15 is 0 Å². The van der Waals surface area contributed by atoms with Crippen LogP contribution in [0, 0.1) is 5.92 Å². The summed E-state index contributed by atoms with van der Waals surface area (Å²) in [6, 6.07) is 3.67. The van der Waals surface area contributed by atoms with Crippen LogP contribution >= 0.6 is 15.9 Å². The second-order valence-electron chi connectivity index (χ2n) is 5.32. The van der Waals surface area contributed by atoms with Crippen LogP contribution in [0.2, 0.25) is 0 Å². The molecule has 1 saturated heterocycles. The number of alkyl halides is 2. The van der Waals surface area contributed by atoms with Gasteiger partial charge in [0.05, 0.1) is 11.6 Å². The zero-order valence-corrected chi connectivity index (χ0v) is 13.6. The number of halogens is 3. The molecule has 2 unspecified atom stereocenters. The predicted octanol–water partition coefficient (Wildman–Crippen LogP) is 2.84.